The molecule has 1 saturated carbocycles. The summed E-state index contributed by atoms with van der Waals surface area (Å²) in [6.07, 6.45) is 2.02. The summed E-state index contributed by atoms with van der Waals surface area (Å²) in [5, 5.41) is 11.4. The number of halogens is 1. The third-order valence-electron chi connectivity index (χ3n) is 4.59. The van der Waals surface area contributed by atoms with Crippen LogP contribution in [0.3, 0.4) is 0 Å². The topological polar surface area (TPSA) is 89.5 Å². The molecule has 1 aromatic rings. The van der Waals surface area contributed by atoms with E-state index < -0.39 is 4.92 Å². The van der Waals surface area contributed by atoms with Gasteiger partial charge < -0.3 is 10.6 Å². The molecule has 1 aromatic carbocycles. The van der Waals surface area contributed by atoms with Crippen LogP contribution in [0.15, 0.2) is 18.2 Å². The zero-order valence-corrected chi connectivity index (χ0v) is 12.1. The number of nitrogens with two attached hydrogens (primary N) is 1. The third kappa shape index (κ3) is 2.49. The predicted octanol–water partition coefficient (Wildman–Crippen LogP) is 2.06. The molecule has 1 saturated heterocycles. The Hall–Kier alpha value is -1.66. The van der Waals surface area contributed by atoms with Gasteiger partial charge in [0.15, 0.2) is 0 Å². The summed E-state index contributed by atoms with van der Waals surface area (Å²) in [5.74, 6) is 0.403. The predicted molar refractivity (Wildman–Crippen MR) is 78.2 cm³/mol. The van der Waals surface area contributed by atoms with Crippen LogP contribution < -0.4 is 5.73 Å². The van der Waals surface area contributed by atoms with E-state index >= 15 is 0 Å². The number of carbonyl (C=O) groups excluding carboxylic acids is 1. The molecule has 3 rings (SSSR count). The summed E-state index contributed by atoms with van der Waals surface area (Å²) in [7, 11) is 0. The van der Waals surface area contributed by atoms with Crippen molar-refractivity contribution in [3.8, 4) is 0 Å². The fourth-order valence-corrected chi connectivity index (χ4v) is 3.65. The van der Waals surface area contributed by atoms with Crippen molar-refractivity contribution in [2.45, 2.75) is 18.9 Å². The van der Waals surface area contributed by atoms with Gasteiger partial charge in [-0.1, -0.05) is 11.6 Å². The molecule has 7 heteroatoms. The lowest BCUT2D eigenvalue weighted by molar-refractivity contribution is -0.385. The van der Waals surface area contributed by atoms with Crippen LogP contribution in [0, 0.1) is 22.0 Å². The van der Waals surface area contributed by atoms with Crippen molar-refractivity contribution in [3.63, 3.8) is 0 Å². The van der Waals surface area contributed by atoms with E-state index in [0.717, 1.165) is 12.8 Å². The largest absolute Gasteiger partial charge is 0.338 e. The number of benzene rings is 1. The molecule has 3 unspecified atom stereocenters. The highest BCUT2D eigenvalue weighted by atomic mass is 35.5. The van der Waals surface area contributed by atoms with E-state index in [4.69, 9.17) is 17.3 Å². The summed E-state index contributed by atoms with van der Waals surface area (Å²) < 4.78 is 0. The van der Waals surface area contributed by atoms with Crippen LogP contribution in [0.25, 0.3) is 0 Å². The van der Waals surface area contributed by atoms with Crippen LogP contribution in [-0.4, -0.2) is 34.9 Å². The third-order valence-corrected chi connectivity index (χ3v) is 4.82. The van der Waals surface area contributed by atoms with Crippen LogP contribution >= 0.6 is 11.6 Å². The number of hydrogen-bond donors (Lipinski definition) is 1. The van der Waals surface area contributed by atoms with Crippen LogP contribution in [0.5, 0.6) is 0 Å². The molecule has 6 nitrogen and oxygen atoms in total. The second kappa shape index (κ2) is 5.27. The number of hydrogen-bond acceptors (Lipinski definition) is 4. The molecule has 1 heterocycles. The second-order valence-corrected chi connectivity index (χ2v) is 6.23. The number of likely N-dealkylation sites (tertiary alicyclic amines) is 1. The molecule has 112 valence electrons. The fourth-order valence-electron chi connectivity index (χ4n) is 3.48. The number of amides is 1. The van der Waals surface area contributed by atoms with Gasteiger partial charge in [-0.25, -0.2) is 0 Å². The normalized spacial score (nSPS) is 27.7. The van der Waals surface area contributed by atoms with Crippen molar-refractivity contribution in [2.24, 2.45) is 17.6 Å². The number of fused-ring (bicyclic) bond motifs is 1. The molecule has 2 fully saturated rings. The van der Waals surface area contributed by atoms with Crippen molar-refractivity contribution in [3.05, 3.63) is 38.9 Å². The molecule has 0 bridgehead atoms. The molecule has 1 aliphatic carbocycles. The molecule has 1 amide bonds. The van der Waals surface area contributed by atoms with E-state index in [9.17, 15) is 14.9 Å². The first kappa shape index (κ1) is 14.3. The summed E-state index contributed by atoms with van der Waals surface area (Å²) in [6.45, 7) is 1.20. The van der Waals surface area contributed by atoms with Gasteiger partial charge in [0.05, 0.1) is 4.92 Å². The van der Waals surface area contributed by atoms with Gasteiger partial charge in [-0.3, -0.25) is 14.9 Å². The molecule has 2 N–H and O–H groups in total. The molecule has 21 heavy (non-hydrogen) atoms. The summed E-state index contributed by atoms with van der Waals surface area (Å²) in [6, 6.07) is 4.20. The molecule has 2 aliphatic rings. The molecule has 1 aliphatic heterocycles. The SMILES string of the molecule is NC1CCC2CN(C(=O)c3cc(Cl)ccc3[N+](=O)[O-])CC12. The minimum Gasteiger partial charge on any atom is -0.338 e. The van der Waals surface area contributed by atoms with Gasteiger partial charge >= 0.3 is 0 Å². The lowest BCUT2D eigenvalue weighted by Gasteiger charge is -2.18. The first-order valence-electron chi connectivity index (χ1n) is 6.96. The Morgan fingerprint density at radius 2 is 2.14 bits per heavy atom. The van der Waals surface area contributed by atoms with E-state index in [0.29, 0.717) is 29.9 Å². The van der Waals surface area contributed by atoms with E-state index in [-0.39, 0.29) is 23.2 Å². The van der Waals surface area contributed by atoms with Gasteiger partial charge in [0.25, 0.3) is 11.6 Å². The number of carbonyl (C=O) groups is 1. The van der Waals surface area contributed by atoms with E-state index in [1.54, 1.807) is 4.90 Å². The molecule has 0 spiro atoms. The van der Waals surface area contributed by atoms with Gasteiger partial charge in [-0.2, -0.15) is 0 Å². The number of nitro groups is 1. The Morgan fingerprint density at radius 3 is 2.81 bits per heavy atom. The highest BCUT2D eigenvalue weighted by Crippen LogP contribution is 2.38. The Bertz CT molecular complexity index is 607. The average molecular weight is 310 g/mol. The van der Waals surface area contributed by atoms with Crippen molar-refractivity contribution in [1.82, 2.24) is 4.90 Å². The second-order valence-electron chi connectivity index (χ2n) is 5.79. The van der Waals surface area contributed by atoms with Crippen molar-refractivity contribution in [1.29, 1.82) is 0 Å². The van der Waals surface area contributed by atoms with Crippen LogP contribution in [0.1, 0.15) is 23.2 Å². The molecule has 0 radical (unpaired) electrons. The van der Waals surface area contributed by atoms with E-state index in [1.807, 2.05) is 0 Å². The fraction of sp³-hybridized carbons (Fsp3) is 0.500. The zero-order chi connectivity index (χ0) is 15.1. The molecular formula is C14H16ClN3O3. The first-order chi connectivity index (χ1) is 9.97. The molecule has 3 atom stereocenters. The minimum atomic E-state index is -0.549. The van der Waals surface area contributed by atoms with Gasteiger partial charge in [-0.05, 0) is 36.8 Å². The Kier molecular flexibility index (Phi) is 3.59. The average Bonchev–Trinajstić information content (AvgIpc) is 3.00. The monoisotopic (exact) mass is 309 g/mol. The van der Waals surface area contributed by atoms with Gasteiger partial charge in [0.1, 0.15) is 5.56 Å². The molecular weight excluding hydrogens is 294 g/mol. The molecule has 0 aromatic heterocycles. The van der Waals surface area contributed by atoms with Crippen molar-refractivity contribution < 1.29 is 9.72 Å². The maximum atomic E-state index is 12.6. The smallest absolute Gasteiger partial charge is 0.282 e. The van der Waals surface area contributed by atoms with Gasteiger partial charge in [0, 0.05) is 30.2 Å². The Morgan fingerprint density at radius 1 is 1.38 bits per heavy atom. The maximum Gasteiger partial charge on any atom is 0.282 e. The van der Waals surface area contributed by atoms with Crippen LogP contribution in [0.4, 0.5) is 5.69 Å². The Labute approximate surface area is 127 Å². The van der Waals surface area contributed by atoms with Crippen LogP contribution in [-0.2, 0) is 0 Å². The van der Waals surface area contributed by atoms with Crippen molar-refractivity contribution in [2.75, 3.05) is 13.1 Å². The van der Waals surface area contributed by atoms with E-state index in [1.165, 1.54) is 18.2 Å². The quantitative estimate of drug-likeness (QED) is 0.669. The van der Waals surface area contributed by atoms with Gasteiger partial charge in [0.2, 0.25) is 0 Å². The van der Waals surface area contributed by atoms with Crippen molar-refractivity contribution >= 4 is 23.2 Å². The number of rotatable bonds is 2. The highest BCUT2D eigenvalue weighted by molar-refractivity contribution is 6.31. The summed E-state index contributed by atoms with van der Waals surface area (Å²) in [4.78, 5) is 24.8. The standard InChI is InChI=1S/C14H16ClN3O3/c15-9-2-4-13(18(20)21)10(5-9)14(19)17-6-8-1-3-12(16)11(8)7-17/h2,4-5,8,11-12H,1,3,6-7,16H2. The summed E-state index contributed by atoms with van der Waals surface area (Å²) >= 11 is 5.88. The first-order valence-corrected chi connectivity index (χ1v) is 7.34. The lowest BCUT2D eigenvalue weighted by atomic mass is 9.98. The zero-order valence-electron chi connectivity index (χ0n) is 11.4. The lowest BCUT2D eigenvalue weighted by Crippen LogP contribution is -2.33. The van der Waals surface area contributed by atoms with Crippen LogP contribution in [0.2, 0.25) is 5.02 Å². The maximum absolute atomic E-state index is 12.6. The minimum absolute atomic E-state index is 0.0565. The number of nitrogens with zero attached hydrogens (tertiary/aromatic N) is 2. The number of nitro benzene ring substituents is 1. The highest BCUT2D eigenvalue weighted by Gasteiger charge is 2.43. The summed E-state index contributed by atoms with van der Waals surface area (Å²) in [5.41, 5.74) is 5.91. The van der Waals surface area contributed by atoms with E-state index in [2.05, 4.69) is 0 Å². The van der Waals surface area contributed by atoms with Gasteiger partial charge in [-0.15, -0.1) is 0 Å². The Balaban J connectivity index is 1.86.